The molecule has 0 amide bonds. The first-order chi connectivity index (χ1) is 15.5. The van der Waals surface area contributed by atoms with Crippen molar-refractivity contribution in [1.82, 2.24) is 4.98 Å². The van der Waals surface area contributed by atoms with E-state index in [1.54, 1.807) is 39.7 Å². The van der Waals surface area contributed by atoms with E-state index >= 15 is 0 Å². The number of pyridine rings is 1. The fourth-order valence-electron chi connectivity index (χ4n) is 3.35. The molecule has 32 heavy (non-hydrogen) atoms. The van der Waals surface area contributed by atoms with Crippen LogP contribution in [0.4, 0.5) is 0 Å². The van der Waals surface area contributed by atoms with Gasteiger partial charge in [-0.15, -0.1) is 0 Å². The van der Waals surface area contributed by atoms with Crippen LogP contribution in [-0.2, 0) is 12.8 Å². The Bertz CT molecular complexity index is 1070. The highest BCUT2D eigenvalue weighted by Gasteiger charge is 2.15. The van der Waals surface area contributed by atoms with E-state index in [2.05, 4.69) is 4.98 Å². The van der Waals surface area contributed by atoms with Crippen molar-refractivity contribution in [2.24, 2.45) is 0 Å². The third-order valence-electron chi connectivity index (χ3n) is 4.97. The van der Waals surface area contributed by atoms with Crippen LogP contribution in [0.2, 0.25) is 0 Å². The number of methoxy groups -OCH3 is 4. The average molecular weight is 437 g/mol. The highest BCUT2D eigenvalue weighted by Crippen LogP contribution is 2.38. The standard InChI is InChI=1S/C25H27NO6/c1-16-10-19(15-26-14-16)25(27)32-21-11-17(8-9-20(21)28-2)6-7-18-12-22(29-3)24(31-5)23(13-18)30-4/h8-15H,6-7H2,1-5H3. The van der Waals surface area contributed by atoms with E-state index in [-0.39, 0.29) is 0 Å². The predicted molar refractivity (Wildman–Crippen MR) is 120 cm³/mol. The normalized spacial score (nSPS) is 10.4. The second-order valence-electron chi connectivity index (χ2n) is 7.16. The zero-order valence-electron chi connectivity index (χ0n) is 18.9. The highest BCUT2D eigenvalue weighted by molar-refractivity contribution is 5.91. The van der Waals surface area contributed by atoms with Crippen LogP contribution in [0, 0.1) is 6.92 Å². The van der Waals surface area contributed by atoms with Crippen molar-refractivity contribution in [3.63, 3.8) is 0 Å². The van der Waals surface area contributed by atoms with Crippen molar-refractivity contribution >= 4 is 5.97 Å². The van der Waals surface area contributed by atoms with Gasteiger partial charge in [0.15, 0.2) is 23.0 Å². The molecule has 0 saturated heterocycles. The average Bonchev–Trinajstić information content (AvgIpc) is 2.82. The second kappa shape index (κ2) is 10.5. The van der Waals surface area contributed by atoms with Crippen molar-refractivity contribution in [3.8, 4) is 28.7 Å². The number of hydrogen-bond donors (Lipinski definition) is 0. The van der Waals surface area contributed by atoms with Crippen molar-refractivity contribution in [2.75, 3.05) is 28.4 Å². The van der Waals surface area contributed by atoms with E-state index in [0.717, 1.165) is 23.1 Å². The van der Waals surface area contributed by atoms with E-state index in [0.29, 0.717) is 40.7 Å². The number of rotatable bonds is 9. The Labute approximate surface area is 187 Å². The number of benzene rings is 2. The Morgan fingerprint density at radius 3 is 1.97 bits per heavy atom. The summed E-state index contributed by atoms with van der Waals surface area (Å²) in [5.41, 5.74) is 3.28. The summed E-state index contributed by atoms with van der Waals surface area (Å²) in [6.07, 6.45) is 4.59. The van der Waals surface area contributed by atoms with Crippen molar-refractivity contribution < 1.29 is 28.5 Å². The van der Waals surface area contributed by atoms with Gasteiger partial charge in [-0.3, -0.25) is 4.98 Å². The van der Waals surface area contributed by atoms with Gasteiger partial charge in [0.2, 0.25) is 5.75 Å². The van der Waals surface area contributed by atoms with E-state index < -0.39 is 5.97 Å². The molecule has 3 aromatic rings. The largest absolute Gasteiger partial charge is 0.493 e. The Hall–Kier alpha value is -3.74. The summed E-state index contributed by atoms with van der Waals surface area (Å²) >= 11 is 0. The maximum absolute atomic E-state index is 12.6. The number of carbonyl (C=O) groups excluding carboxylic acids is 1. The molecule has 0 N–H and O–H groups in total. The number of carbonyl (C=O) groups is 1. The molecule has 7 nitrogen and oxygen atoms in total. The molecule has 0 spiro atoms. The number of ether oxygens (including phenoxy) is 5. The zero-order valence-corrected chi connectivity index (χ0v) is 18.9. The van der Waals surface area contributed by atoms with E-state index in [1.165, 1.54) is 13.3 Å². The lowest BCUT2D eigenvalue weighted by atomic mass is 10.0. The molecule has 0 fully saturated rings. The van der Waals surface area contributed by atoms with Gasteiger partial charge in [-0.1, -0.05) is 6.07 Å². The van der Waals surface area contributed by atoms with Crippen molar-refractivity contribution in [2.45, 2.75) is 19.8 Å². The van der Waals surface area contributed by atoms with Gasteiger partial charge < -0.3 is 23.7 Å². The quantitative estimate of drug-likeness (QED) is 0.362. The summed E-state index contributed by atoms with van der Waals surface area (Å²) in [6, 6.07) is 11.1. The first-order valence-corrected chi connectivity index (χ1v) is 10.1. The number of esters is 1. The second-order valence-corrected chi connectivity index (χ2v) is 7.16. The number of hydrogen-bond acceptors (Lipinski definition) is 7. The lowest BCUT2D eigenvalue weighted by molar-refractivity contribution is 0.0729. The van der Waals surface area contributed by atoms with E-state index in [9.17, 15) is 4.79 Å². The van der Waals surface area contributed by atoms with Gasteiger partial charge in [-0.25, -0.2) is 4.79 Å². The van der Waals surface area contributed by atoms with Gasteiger partial charge in [0.1, 0.15) is 0 Å². The summed E-state index contributed by atoms with van der Waals surface area (Å²) in [5, 5.41) is 0. The molecular weight excluding hydrogens is 410 g/mol. The summed E-state index contributed by atoms with van der Waals surface area (Å²) < 4.78 is 27.2. The molecule has 0 saturated carbocycles. The van der Waals surface area contributed by atoms with Gasteiger partial charge in [0, 0.05) is 12.4 Å². The Kier molecular flexibility index (Phi) is 7.54. The fourth-order valence-corrected chi connectivity index (χ4v) is 3.35. The lowest BCUT2D eigenvalue weighted by Crippen LogP contribution is -2.10. The molecule has 168 valence electrons. The van der Waals surface area contributed by atoms with Crippen LogP contribution in [-0.4, -0.2) is 39.4 Å². The summed E-state index contributed by atoms with van der Waals surface area (Å²) in [6.45, 7) is 1.87. The topological polar surface area (TPSA) is 76.1 Å². The molecule has 0 aliphatic rings. The van der Waals surface area contributed by atoms with Crippen LogP contribution in [0.25, 0.3) is 0 Å². The van der Waals surface area contributed by atoms with Crippen LogP contribution in [0.5, 0.6) is 28.7 Å². The number of aromatic nitrogens is 1. The third kappa shape index (κ3) is 5.29. The summed E-state index contributed by atoms with van der Waals surface area (Å²) in [7, 11) is 6.30. The van der Waals surface area contributed by atoms with Gasteiger partial charge >= 0.3 is 5.97 Å². The Morgan fingerprint density at radius 1 is 0.750 bits per heavy atom. The first kappa shape index (κ1) is 22.9. The first-order valence-electron chi connectivity index (χ1n) is 10.1. The summed E-state index contributed by atoms with van der Waals surface area (Å²) in [5.74, 6) is 2.14. The molecular formula is C25H27NO6. The van der Waals surface area contributed by atoms with Crippen LogP contribution in [0.15, 0.2) is 48.8 Å². The molecule has 0 bridgehead atoms. The molecule has 0 atom stereocenters. The Balaban J connectivity index is 1.79. The molecule has 0 aliphatic heterocycles. The van der Waals surface area contributed by atoms with Gasteiger partial charge in [0.25, 0.3) is 0 Å². The van der Waals surface area contributed by atoms with Crippen LogP contribution in [0.1, 0.15) is 27.0 Å². The van der Waals surface area contributed by atoms with Gasteiger partial charge in [-0.05, 0) is 66.8 Å². The van der Waals surface area contributed by atoms with Crippen LogP contribution >= 0.6 is 0 Å². The lowest BCUT2D eigenvalue weighted by Gasteiger charge is -2.14. The van der Waals surface area contributed by atoms with Gasteiger partial charge in [-0.2, -0.15) is 0 Å². The van der Waals surface area contributed by atoms with Crippen molar-refractivity contribution in [1.29, 1.82) is 0 Å². The minimum Gasteiger partial charge on any atom is -0.493 e. The predicted octanol–water partition coefficient (Wildman–Crippen LogP) is 4.43. The number of nitrogens with zero attached hydrogens (tertiary/aromatic N) is 1. The van der Waals surface area contributed by atoms with Crippen LogP contribution < -0.4 is 23.7 Å². The minimum atomic E-state index is -0.485. The minimum absolute atomic E-state index is 0.362. The highest BCUT2D eigenvalue weighted by atomic mass is 16.6. The maximum atomic E-state index is 12.6. The molecule has 3 rings (SSSR count). The van der Waals surface area contributed by atoms with Crippen molar-refractivity contribution in [3.05, 3.63) is 71.0 Å². The monoisotopic (exact) mass is 437 g/mol. The zero-order chi connectivity index (χ0) is 23.1. The SMILES string of the molecule is COc1ccc(CCc2cc(OC)c(OC)c(OC)c2)cc1OC(=O)c1cncc(C)c1. The molecule has 2 aromatic carbocycles. The van der Waals surface area contributed by atoms with Gasteiger partial charge in [0.05, 0.1) is 34.0 Å². The Morgan fingerprint density at radius 2 is 1.38 bits per heavy atom. The molecule has 0 radical (unpaired) electrons. The smallest absolute Gasteiger partial charge is 0.345 e. The molecule has 0 aliphatic carbocycles. The third-order valence-corrected chi connectivity index (χ3v) is 4.97. The molecule has 0 unspecified atom stereocenters. The molecule has 1 heterocycles. The van der Waals surface area contributed by atoms with E-state index in [1.807, 2.05) is 31.2 Å². The van der Waals surface area contributed by atoms with E-state index in [4.69, 9.17) is 23.7 Å². The van der Waals surface area contributed by atoms with Crippen LogP contribution in [0.3, 0.4) is 0 Å². The number of aryl methyl sites for hydroxylation is 3. The molecule has 7 heteroatoms. The fraction of sp³-hybridized carbons (Fsp3) is 0.280. The maximum Gasteiger partial charge on any atom is 0.345 e. The molecule has 1 aromatic heterocycles. The summed E-state index contributed by atoms with van der Waals surface area (Å²) in [4.78, 5) is 16.6.